The highest BCUT2D eigenvalue weighted by atomic mass is 16.5. The van der Waals surface area contributed by atoms with E-state index in [4.69, 9.17) is 4.74 Å². The van der Waals surface area contributed by atoms with Gasteiger partial charge in [-0.2, -0.15) is 0 Å². The SMILES string of the molecule is CC12CCC3c4ccc(OCc5ccccc5)cc4CCC3[C@@H]1C(O)C(O)C2O. The van der Waals surface area contributed by atoms with E-state index < -0.39 is 23.7 Å². The first kappa shape index (κ1) is 19.1. The summed E-state index contributed by atoms with van der Waals surface area (Å²) in [5.74, 6) is 1.54. The van der Waals surface area contributed by atoms with Gasteiger partial charge in [-0.1, -0.05) is 43.3 Å². The van der Waals surface area contributed by atoms with Crippen LogP contribution in [0.2, 0.25) is 0 Å². The van der Waals surface area contributed by atoms with Gasteiger partial charge >= 0.3 is 0 Å². The maximum absolute atomic E-state index is 10.7. The van der Waals surface area contributed by atoms with E-state index >= 15 is 0 Å². The van der Waals surface area contributed by atoms with Gasteiger partial charge in [-0.05, 0) is 72.3 Å². The van der Waals surface area contributed by atoms with Crippen LogP contribution in [0, 0.1) is 17.3 Å². The summed E-state index contributed by atoms with van der Waals surface area (Å²) in [6.45, 7) is 2.61. The van der Waals surface area contributed by atoms with Gasteiger partial charge in [-0.25, -0.2) is 0 Å². The van der Waals surface area contributed by atoms with Crippen molar-refractivity contribution < 1.29 is 20.1 Å². The lowest BCUT2D eigenvalue weighted by Gasteiger charge is -2.50. The van der Waals surface area contributed by atoms with Crippen molar-refractivity contribution in [2.45, 2.75) is 63.4 Å². The molecule has 154 valence electrons. The molecule has 3 aliphatic rings. The Morgan fingerprint density at radius 1 is 1.00 bits per heavy atom. The number of hydrogen-bond donors (Lipinski definition) is 3. The largest absolute Gasteiger partial charge is 0.489 e. The zero-order chi connectivity index (χ0) is 20.2. The number of benzene rings is 2. The van der Waals surface area contributed by atoms with Gasteiger partial charge in [0.25, 0.3) is 0 Å². The van der Waals surface area contributed by atoms with E-state index in [2.05, 4.69) is 30.3 Å². The van der Waals surface area contributed by atoms with Gasteiger partial charge in [-0.15, -0.1) is 0 Å². The first-order valence-corrected chi connectivity index (χ1v) is 10.8. The Labute approximate surface area is 172 Å². The highest BCUT2D eigenvalue weighted by Gasteiger charge is 2.62. The van der Waals surface area contributed by atoms with Crippen LogP contribution < -0.4 is 4.74 Å². The molecule has 4 heteroatoms. The van der Waals surface area contributed by atoms with Crippen molar-refractivity contribution in [3.63, 3.8) is 0 Å². The number of hydrogen-bond acceptors (Lipinski definition) is 4. The average Bonchev–Trinajstić information content (AvgIpc) is 2.93. The second-order valence-corrected chi connectivity index (χ2v) is 9.44. The van der Waals surface area contributed by atoms with Crippen LogP contribution in [0.5, 0.6) is 5.75 Å². The summed E-state index contributed by atoms with van der Waals surface area (Å²) in [7, 11) is 0. The average molecular weight is 395 g/mol. The van der Waals surface area contributed by atoms with Crippen LogP contribution in [0.3, 0.4) is 0 Å². The molecule has 6 unspecified atom stereocenters. The second-order valence-electron chi connectivity index (χ2n) is 9.44. The zero-order valence-electron chi connectivity index (χ0n) is 16.9. The van der Waals surface area contributed by atoms with Crippen molar-refractivity contribution in [2.24, 2.45) is 17.3 Å². The fourth-order valence-corrected chi connectivity index (χ4v) is 6.44. The molecule has 3 aliphatic carbocycles. The van der Waals surface area contributed by atoms with E-state index in [0.717, 1.165) is 37.0 Å². The molecule has 2 aromatic rings. The van der Waals surface area contributed by atoms with E-state index in [1.807, 2.05) is 25.1 Å². The van der Waals surface area contributed by atoms with E-state index in [1.165, 1.54) is 11.1 Å². The van der Waals surface area contributed by atoms with Gasteiger partial charge in [0.1, 0.15) is 18.5 Å². The molecule has 2 aromatic carbocycles. The fraction of sp³-hybridized carbons (Fsp3) is 0.520. The van der Waals surface area contributed by atoms with Gasteiger partial charge in [0.15, 0.2) is 0 Å². The Kier molecular flexibility index (Phi) is 4.69. The minimum absolute atomic E-state index is 0.0478. The molecule has 0 heterocycles. The van der Waals surface area contributed by atoms with Crippen LogP contribution >= 0.6 is 0 Å². The van der Waals surface area contributed by atoms with Gasteiger partial charge in [-0.3, -0.25) is 0 Å². The highest BCUT2D eigenvalue weighted by molar-refractivity contribution is 5.41. The van der Waals surface area contributed by atoms with Crippen molar-refractivity contribution in [1.29, 1.82) is 0 Å². The minimum Gasteiger partial charge on any atom is -0.489 e. The molecule has 7 atom stereocenters. The zero-order valence-corrected chi connectivity index (χ0v) is 16.9. The molecule has 0 radical (unpaired) electrons. The van der Waals surface area contributed by atoms with Crippen LogP contribution in [0.4, 0.5) is 0 Å². The Morgan fingerprint density at radius 2 is 1.79 bits per heavy atom. The van der Waals surface area contributed by atoms with E-state index in [1.54, 1.807) is 0 Å². The highest BCUT2D eigenvalue weighted by Crippen LogP contribution is 2.61. The topological polar surface area (TPSA) is 69.9 Å². The Balaban J connectivity index is 1.37. The van der Waals surface area contributed by atoms with Crippen LogP contribution in [-0.2, 0) is 13.0 Å². The van der Waals surface area contributed by atoms with Crippen molar-refractivity contribution in [1.82, 2.24) is 0 Å². The maximum Gasteiger partial charge on any atom is 0.120 e. The summed E-state index contributed by atoms with van der Waals surface area (Å²) in [6, 6.07) is 16.6. The number of aliphatic hydroxyl groups is 3. The summed E-state index contributed by atoms with van der Waals surface area (Å²) in [5.41, 5.74) is 3.47. The Hall–Kier alpha value is -1.88. The summed E-state index contributed by atoms with van der Waals surface area (Å²) in [4.78, 5) is 0. The van der Waals surface area contributed by atoms with Crippen LogP contribution in [0.1, 0.15) is 48.8 Å². The molecule has 0 bridgehead atoms. The lowest BCUT2D eigenvalue weighted by Crippen LogP contribution is -2.46. The lowest BCUT2D eigenvalue weighted by atomic mass is 9.55. The van der Waals surface area contributed by atoms with Gasteiger partial charge in [0.05, 0.1) is 12.2 Å². The number of ether oxygens (including phenoxy) is 1. The van der Waals surface area contributed by atoms with Crippen LogP contribution in [-0.4, -0.2) is 33.6 Å². The van der Waals surface area contributed by atoms with Crippen LogP contribution in [0.25, 0.3) is 0 Å². The number of aliphatic hydroxyl groups excluding tert-OH is 3. The molecule has 2 saturated carbocycles. The number of fused-ring (bicyclic) bond motifs is 5. The molecule has 0 aromatic heterocycles. The third-order valence-electron chi connectivity index (χ3n) is 7.96. The molecule has 0 aliphatic heterocycles. The maximum atomic E-state index is 10.7. The van der Waals surface area contributed by atoms with Gasteiger partial charge in [0.2, 0.25) is 0 Å². The van der Waals surface area contributed by atoms with E-state index in [0.29, 0.717) is 18.4 Å². The van der Waals surface area contributed by atoms with Crippen LogP contribution in [0.15, 0.2) is 48.5 Å². The molecule has 4 nitrogen and oxygen atoms in total. The Morgan fingerprint density at radius 3 is 2.59 bits per heavy atom. The first-order valence-electron chi connectivity index (χ1n) is 10.8. The molecular formula is C25H30O4. The summed E-state index contributed by atoms with van der Waals surface area (Å²) in [5, 5.41) is 31.6. The van der Waals surface area contributed by atoms with Crippen molar-refractivity contribution in [3.8, 4) is 5.75 Å². The van der Waals surface area contributed by atoms with Crippen molar-refractivity contribution in [3.05, 3.63) is 65.2 Å². The molecular weight excluding hydrogens is 364 g/mol. The predicted octanol–water partition coefficient (Wildman–Crippen LogP) is 3.42. The van der Waals surface area contributed by atoms with Crippen molar-refractivity contribution >= 4 is 0 Å². The van der Waals surface area contributed by atoms with E-state index in [9.17, 15) is 15.3 Å². The molecule has 2 fully saturated rings. The summed E-state index contributed by atoms with van der Waals surface area (Å²) < 4.78 is 6.02. The summed E-state index contributed by atoms with van der Waals surface area (Å²) >= 11 is 0. The summed E-state index contributed by atoms with van der Waals surface area (Å²) in [6.07, 6.45) is 1.06. The number of aryl methyl sites for hydroxylation is 1. The standard InChI is InChI=1S/C25H30O4/c1-25-12-11-19-18-10-8-17(29-14-15-5-3-2-4-6-15)13-16(18)7-9-20(19)21(25)22(26)23(27)24(25)28/h2-6,8,10,13,19-24,26-28H,7,9,11-12,14H2,1H3/t19?,20?,21-,22?,23?,24?,25?/m1/s1. The third kappa shape index (κ3) is 3.00. The predicted molar refractivity (Wildman–Crippen MR) is 111 cm³/mol. The molecule has 0 saturated heterocycles. The van der Waals surface area contributed by atoms with E-state index in [-0.39, 0.29) is 5.92 Å². The first-order chi connectivity index (χ1) is 14.0. The third-order valence-corrected chi connectivity index (χ3v) is 7.96. The molecule has 29 heavy (non-hydrogen) atoms. The van der Waals surface area contributed by atoms with Gasteiger partial charge in [0, 0.05) is 5.41 Å². The molecule has 3 N–H and O–H groups in total. The number of rotatable bonds is 3. The fourth-order valence-electron chi connectivity index (χ4n) is 6.44. The lowest BCUT2D eigenvalue weighted by molar-refractivity contribution is -0.0505. The van der Waals surface area contributed by atoms with Gasteiger partial charge < -0.3 is 20.1 Å². The quantitative estimate of drug-likeness (QED) is 0.746. The molecule has 0 spiro atoms. The minimum atomic E-state index is -1.03. The Bertz CT molecular complexity index is 882. The molecule has 0 amide bonds. The smallest absolute Gasteiger partial charge is 0.120 e. The second kappa shape index (κ2) is 7.12. The molecule has 5 rings (SSSR count). The normalized spacial score (nSPS) is 38.1. The monoisotopic (exact) mass is 394 g/mol. The van der Waals surface area contributed by atoms with Crippen molar-refractivity contribution in [2.75, 3.05) is 0 Å².